The standard InChI is InChI=1S/C15H20BrFN4/c1-9-11(10(2)21(3)20-9)7-8-14(19-18)12-5-4-6-13(16)15(12)17/h4-6,14,19H,7-8,18H2,1-3H3. The molecule has 3 N–H and O–H groups in total. The number of hydrogen-bond acceptors (Lipinski definition) is 3. The lowest BCUT2D eigenvalue weighted by molar-refractivity contribution is 0.483. The monoisotopic (exact) mass is 354 g/mol. The summed E-state index contributed by atoms with van der Waals surface area (Å²) in [5.74, 6) is 5.35. The lowest BCUT2D eigenvalue weighted by Crippen LogP contribution is -2.29. The normalized spacial score (nSPS) is 12.7. The summed E-state index contributed by atoms with van der Waals surface area (Å²) in [5.41, 5.74) is 6.64. The number of aromatic nitrogens is 2. The van der Waals surface area contributed by atoms with Crippen molar-refractivity contribution in [3.05, 3.63) is 51.0 Å². The molecular formula is C15H20BrFN4. The van der Waals surface area contributed by atoms with Crippen LogP contribution in [0.1, 0.15) is 35.0 Å². The first-order valence-electron chi connectivity index (χ1n) is 6.84. The molecule has 0 amide bonds. The van der Waals surface area contributed by atoms with Crippen molar-refractivity contribution in [3.63, 3.8) is 0 Å². The summed E-state index contributed by atoms with van der Waals surface area (Å²) >= 11 is 3.21. The van der Waals surface area contributed by atoms with E-state index in [1.165, 1.54) is 5.56 Å². The smallest absolute Gasteiger partial charge is 0.142 e. The van der Waals surface area contributed by atoms with Gasteiger partial charge in [0.1, 0.15) is 5.82 Å². The number of halogens is 2. The molecule has 2 aromatic rings. The zero-order valence-corrected chi connectivity index (χ0v) is 14.0. The first kappa shape index (κ1) is 16.1. The highest BCUT2D eigenvalue weighted by Crippen LogP contribution is 2.27. The van der Waals surface area contributed by atoms with E-state index in [0.717, 1.165) is 17.8 Å². The molecule has 1 heterocycles. The van der Waals surface area contributed by atoms with Crippen LogP contribution in [0.15, 0.2) is 22.7 Å². The molecular weight excluding hydrogens is 335 g/mol. The predicted octanol–water partition coefficient (Wildman–Crippen LogP) is 3.08. The largest absolute Gasteiger partial charge is 0.272 e. The Kier molecular flexibility index (Phi) is 5.13. The third-order valence-electron chi connectivity index (χ3n) is 3.90. The Morgan fingerprint density at radius 2 is 2.14 bits per heavy atom. The van der Waals surface area contributed by atoms with Crippen molar-refractivity contribution in [2.45, 2.75) is 32.7 Å². The average Bonchev–Trinajstić information content (AvgIpc) is 2.69. The molecule has 0 saturated heterocycles. The summed E-state index contributed by atoms with van der Waals surface area (Å²) in [6.07, 6.45) is 1.50. The fraction of sp³-hybridized carbons (Fsp3) is 0.400. The number of rotatable bonds is 5. The molecule has 1 atom stereocenters. The van der Waals surface area contributed by atoms with Crippen molar-refractivity contribution in [1.82, 2.24) is 15.2 Å². The molecule has 114 valence electrons. The van der Waals surface area contributed by atoms with E-state index in [1.54, 1.807) is 12.1 Å². The minimum absolute atomic E-state index is 0.235. The Morgan fingerprint density at radius 1 is 1.43 bits per heavy atom. The highest BCUT2D eigenvalue weighted by Gasteiger charge is 2.18. The summed E-state index contributed by atoms with van der Waals surface area (Å²) in [7, 11) is 1.93. The molecule has 1 aromatic heterocycles. The molecule has 0 bridgehead atoms. The Morgan fingerprint density at radius 3 is 2.71 bits per heavy atom. The van der Waals surface area contributed by atoms with Gasteiger partial charge in [0.05, 0.1) is 10.2 Å². The Hall–Kier alpha value is -1.24. The van der Waals surface area contributed by atoms with E-state index >= 15 is 0 Å². The van der Waals surface area contributed by atoms with Crippen molar-refractivity contribution in [3.8, 4) is 0 Å². The maximum Gasteiger partial charge on any atom is 0.142 e. The lowest BCUT2D eigenvalue weighted by Gasteiger charge is -2.17. The highest BCUT2D eigenvalue weighted by molar-refractivity contribution is 9.10. The zero-order valence-electron chi connectivity index (χ0n) is 12.5. The summed E-state index contributed by atoms with van der Waals surface area (Å²) in [6, 6.07) is 5.02. The van der Waals surface area contributed by atoms with Crippen LogP contribution in [0.5, 0.6) is 0 Å². The van der Waals surface area contributed by atoms with Gasteiger partial charge in [0, 0.05) is 24.3 Å². The van der Waals surface area contributed by atoms with Gasteiger partial charge in [-0.1, -0.05) is 12.1 Å². The molecule has 2 rings (SSSR count). The molecule has 0 aliphatic heterocycles. The fourth-order valence-corrected chi connectivity index (χ4v) is 2.97. The molecule has 0 aliphatic carbocycles. The minimum atomic E-state index is -0.264. The highest BCUT2D eigenvalue weighted by atomic mass is 79.9. The second-order valence-electron chi connectivity index (χ2n) is 5.17. The zero-order chi connectivity index (χ0) is 15.6. The number of hydrogen-bond donors (Lipinski definition) is 2. The van der Waals surface area contributed by atoms with Gasteiger partial charge in [-0.05, 0) is 54.2 Å². The van der Waals surface area contributed by atoms with E-state index in [4.69, 9.17) is 5.84 Å². The quantitative estimate of drug-likeness (QED) is 0.640. The van der Waals surface area contributed by atoms with E-state index in [9.17, 15) is 4.39 Å². The number of hydrazine groups is 1. The molecule has 0 fully saturated rings. The van der Waals surface area contributed by atoms with Gasteiger partial charge in [-0.25, -0.2) is 4.39 Å². The van der Waals surface area contributed by atoms with Crippen molar-refractivity contribution in [2.75, 3.05) is 0 Å². The van der Waals surface area contributed by atoms with E-state index < -0.39 is 0 Å². The molecule has 6 heteroatoms. The van der Waals surface area contributed by atoms with Gasteiger partial charge in [-0.2, -0.15) is 5.10 Å². The average molecular weight is 355 g/mol. The van der Waals surface area contributed by atoms with Crippen molar-refractivity contribution < 1.29 is 4.39 Å². The van der Waals surface area contributed by atoms with Gasteiger partial charge < -0.3 is 0 Å². The molecule has 4 nitrogen and oxygen atoms in total. The summed E-state index contributed by atoms with van der Waals surface area (Å²) in [6.45, 7) is 4.03. The van der Waals surface area contributed by atoms with Gasteiger partial charge in [-0.3, -0.25) is 16.0 Å². The van der Waals surface area contributed by atoms with E-state index in [1.807, 2.05) is 31.6 Å². The third kappa shape index (κ3) is 3.33. The van der Waals surface area contributed by atoms with Crippen LogP contribution in [-0.2, 0) is 13.5 Å². The van der Waals surface area contributed by atoms with Gasteiger partial charge in [0.2, 0.25) is 0 Å². The minimum Gasteiger partial charge on any atom is -0.272 e. The maximum absolute atomic E-state index is 14.2. The van der Waals surface area contributed by atoms with Crippen LogP contribution in [0, 0.1) is 19.7 Å². The number of nitrogens with zero attached hydrogens (tertiary/aromatic N) is 2. The number of aryl methyl sites for hydroxylation is 2. The van der Waals surface area contributed by atoms with Gasteiger partial charge in [0.15, 0.2) is 0 Å². The molecule has 0 radical (unpaired) electrons. The van der Waals surface area contributed by atoms with E-state index in [0.29, 0.717) is 16.5 Å². The third-order valence-corrected chi connectivity index (χ3v) is 4.51. The Balaban J connectivity index is 2.18. The van der Waals surface area contributed by atoms with Crippen LogP contribution >= 0.6 is 15.9 Å². The van der Waals surface area contributed by atoms with Crippen LogP contribution < -0.4 is 11.3 Å². The second-order valence-corrected chi connectivity index (χ2v) is 6.03. The van der Waals surface area contributed by atoms with Crippen LogP contribution in [-0.4, -0.2) is 9.78 Å². The van der Waals surface area contributed by atoms with Crippen LogP contribution in [0.2, 0.25) is 0 Å². The SMILES string of the molecule is Cc1nn(C)c(C)c1CCC(NN)c1cccc(Br)c1F. The summed E-state index contributed by atoms with van der Waals surface area (Å²) < 4.78 is 16.5. The van der Waals surface area contributed by atoms with E-state index in [-0.39, 0.29) is 11.9 Å². The summed E-state index contributed by atoms with van der Waals surface area (Å²) in [5, 5.41) is 4.40. The molecule has 1 unspecified atom stereocenters. The molecule has 0 aliphatic rings. The van der Waals surface area contributed by atoms with Crippen LogP contribution in [0.3, 0.4) is 0 Å². The maximum atomic E-state index is 14.2. The second kappa shape index (κ2) is 6.68. The van der Waals surface area contributed by atoms with Gasteiger partial charge in [-0.15, -0.1) is 0 Å². The first-order chi connectivity index (χ1) is 9.95. The summed E-state index contributed by atoms with van der Waals surface area (Å²) in [4.78, 5) is 0. The van der Waals surface area contributed by atoms with Crippen LogP contribution in [0.25, 0.3) is 0 Å². The molecule has 1 aromatic carbocycles. The van der Waals surface area contributed by atoms with Gasteiger partial charge >= 0.3 is 0 Å². The molecule has 0 saturated carbocycles. The number of benzene rings is 1. The first-order valence-corrected chi connectivity index (χ1v) is 7.64. The fourth-order valence-electron chi connectivity index (χ4n) is 2.59. The van der Waals surface area contributed by atoms with E-state index in [2.05, 4.69) is 26.5 Å². The van der Waals surface area contributed by atoms with Gasteiger partial charge in [0.25, 0.3) is 0 Å². The molecule has 21 heavy (non-hydrogen) atoms. The lowest BCUT2D eigenvalue weighted by atomic mass is 9.98. The van der Waals surface area contributed by atoms with Crippen molar-refractivity contribution in [1.29, 1.82) is 0 Å². The predicted molar refractivity (Wildman–Crippen MR) is 85.2 cm³/mol. The number of nitrogens with one attached hydrogen (secondary N) is 1. The Labute approximate surface area is 132 Å². The van der Waals surface area contributed by atoms with Crippen molar-refractivity contribution >= 4 is 15.9 Å². The Bertz CT molecular complexity index is 639. The molecule has 0 spiro atoms. The van der Waals surface area contributed by atoms with Crippen molar-refractivity contribution in [2.24, 2.45) is 12.9 Å². The number of nitrogens with two attached hydrogens (primary N) is 1. The topological polar surface area (TPSA) is 55.9 Å². The van der Waals surface area contributed by atoms with Crippen LogP contribution in [0.4, 0.5) is 4.39 Å².